The second-order valence-corrected chi connectivity index (χ2v) is 2.60. The van der Waals surface area contributed by atoms with Crippen molar-refractivity contribution in [2.45, 2.75) is 33.0 Å². The molecule has 64 valence electrons. The summed E-state index contributed by atoms with van der Waals surface area (Å²) < 4.78 is 4.84. The van der Waals surface area contributed by atoms with Crippen LogP contribution < -0.4 is 5.32 Å². The van der Waals surface area contributed by atoms with E-state index in [4.69, 9.17) is 4.74 Å². The van der Waals surface area contributed by atoms with E-state index in [2.05, 4.69) is 11.9 Å². The molecule has 0 heterocycles. The first-order valence-electron chi connectivity index (χ1n) is 3.65. The molecule has 0 aliphatic carbocycles. The average Bonchev–Trinajstić information content (AvgIpc) is 1.85. The van der Waals surface area contributed by atoms with Crippen molar-refractivity contribution in [1.29, 1.82) is 0 Å². The summed E-state index contributed by atoms with van der Waals surface area (Å²) in [5, 5.41) is 3.02. The molecule has 3 nitrogen and oxygen atoms in total. The van der Waals surface area contributed by atoms with E-state index < -0.39 is 5.97 Å². The number of ether oxygens (including phenoxy) is 1. The Kier molecular flexibility index (Phi) is 4.54. The Morgan fingerprint density at radius 2 is 2.09 bits per heavy atom. The van der Waals surface area contributed by atoms with Gasteiger partial charge in [-0.2, -0.15) is 0 Å². The fraction of sp³-hybridized carbons (Fsp3) is 0.625. The predicted molar refractivity (Wildman–Crippen MR) is 44.0 cm³/mol. The molecule has 0 saturated carbocycles. The lowest BCUT2D eigenvalue weighted by Gasteiger charge is -2.15. The van der Waals surface area contributed by atoms with E-state index in [1.807, 2.05) is 13.8 Å². The van der Waals surface area contributed by atoms with Crippen LogP contribution >= 0.6 is 0 Å². The van der Waals surface area contributed by atoms with E-state index in [-0.39, 0.29) is 6.23 Å². The number of hydrogen-bond donors (Lipinski definition) is 1. The van der Waals surface area contributed by atoms with Crippen LogP contribution in [-0.2, 0) is 9.53 Å². The summed E-state index contributed by atoms with van der Waals surface area (Å²) in [7, 11) is 0. The van der Waals surface area contributed by atoms with Crippen LogP contribution in [0.25, 0.3) is 0 Å². The Hall–Kier alpha value is -0.830. The second-order valence-electron chi connectivity index (χ2n) is 2.60. The van der Waals surface area contributed by atoms with Crippen molar-refractivity contribution < 1.29 is 9.53 Å². The second kappa shape index (κ2) is 4.91. The number of hydrogen-bond acceptors (Lipinski definition) is 3. The summed E-state index contributed by atoms with van der Waals surface area (Å²) in [4.78, 5) is 10.6. The summed E-state index contributed by atoms with van der Waals surface area (Å²) in [5.41, 5.74) is 0. The van der Waals surface area contributed by atoms with Crippen molar-refractivity contribution in [3.8, 4) is 0 Å². The number of nitrogens with one attached hydrogen (secondary N) is 1. The molecule has 0 aromatic rings. The first-order chi connectivity index (χ1) is 5.06. The average molecular weight is 157 g/mol. The molecule has 11 heavy (non-hydrogen) atoms. The number of carbonyl (C=O) groups excluding carboxylic acids is 1. The molecule has 0 rings (SSSR count). The summed E-state index contributed by atoms with van der Waals surface area (Å²) in [6, 6.07) is 0.308. The van der Waals surface area contributed by atoms with Gasteiger partial charge in [-0.25, -0.2) is 4.79 Å². The lowest BCUT2D eigenvalue weighted by molar-refractivity contribution is -0.143. The third kappa shape index (κ3) is 5.61. The van der Waals surface area contributed by atoms with Crippen LogP contribution in [-0.4, -0.2) is 18.2 Å². The van der Waals surface area contributed by atoms with E-state index in [0.29, 0.717) is 6.04 Å². The minimum absolute atomic E-state index is 0.250. The van der Waals surface area contributed by atoms with Crippen LogP contribution in [0.1, 0.15) is 20.8 Å². The first-order valence-corrected chi connectivity index (χ1v) is 3.65. The summed E-state index contributed by atoms with van der Waals surface area (Å²) in [5.74, 6) is -0.398. The maximum atomic E-state index is 10.6. The van der Waals surface area contributed by atoms with Gasteiger partial charge in [0.2, 0.25) is 0 Å². The predicted octanol–water partition coefficient (Wildman–Crippen LogP) is 1.06. The molecule has 0 spiro atoms. The normalized spacial score (nSPS) is 12.7. The fourth-order valence-electron chi connectivity index (χ4n) is 0.726. The zero-order valence-corrected chi connectivity index (χ0v) is 7.26. The van der Waals surface area contributed by atoms with Gasteiger partial charge in [0.05, 0.1) is 0 Å². The van der Waals surface area contributed by atoms with Crippen molar-refractivity contribution in [3.63, 3.8) is 0 Å². The highest BCUT2D eigenvalue weighted by molar-refractivity contribution is 5.81. The molecule has 0 amide bonds. The molecule has 3 heteroatoms. The van der Waals surface area contributed by atoms with Gasteiger partial charge in [0.25, 0.3) is 0 Å². The Morgan fingerprint density at radius 3 is 2.45 bits per heavy atom. The lowest BCUT2D eigenvalue weighted by atomic mass is 10.4. The van der Waals surface area contributed by atoms with E-state index >= 15 is 0 Å². The summed E-state index contributed by atoms with van der Waals surface area (Å²) >= 11 is 0. The minimum Gasteiger partial charge on any atom is -0.444 e. The van der Waals surface area contributed by atoms with Crippen molar-refractivity contribution in [2.75, 3.05) is 0 Å². The van der Waals surface area contributed by atoms with Crippen LogP contribution in [0.5, 0.6) is 0 Å². The van der Waals surface area contributed by atoms with Gasteiger partial charge in [0.1, 0.15) is 0 Å². The van der Waals surface area contributed by atoms with Crippen molar-refractivity contribution in [3.05, 3.63) is 12.7 Å². The smallest absolute Gasteiger partial charge is 0.331 e. The molecular formula is C8H15NO2. The third-order valence-corrected chi connectivity index (χ3v) is 1.03. The van der Waals surface area contributed by atoms with Crippen LogP contribution in [0.2, 0.25) is 0 Å². The highest BCUT2D eigenvalue weighted by atomic mass is 16.6. The van der Waals surface area contributed by atoms with Gasteiger partial charge in [-0.1, -0.05) is 6.58 Å². The van der Waals surface area contributed by atoms with Crippen molar-refractivity contribution in [1.82, 2.24) is 5.32 Å². The zero-order chi connectivity index (χ0) is 8.85. The summed E-state index contributed by atoms with van der Waals surface area (Å²) in [6.45, 7) is 9.04. The molecular weight excluding hydrogens is 142 g/mol. The van der Waals surface area contributed by atoms with Crippen molar-refractivity contribution in [2.24, 2.45) is 0 Å². The van der Waals surface area contributed by atoms with Crippen LogP contribution in [0.15, 0.2) is 12.7 Å². The molecule has 0 bridgehead atoms. The highest BCUT2D eigenvalue weighted by Gasteiger charge is 2.05. The number of esters is 1. The largest absolute Gasteiger partial charge is 0.444 e. The van der Waals surface area contributed by atoms with E-state index in [0.717, 1.165) is 6.08 Å². The Bertz CT molecular complexity index is 143. The van der Waals surface area contributed by atoms with Gasteiger partial charge in [0, 0.05) is 12.1 Å². The van der Waals surface area contributed by atoms with E-state index in [9.17, 15) is 4.79 Å². The zero-order valence-electron chi connectivity index (χ0n) is 7.26. The molecule has 0 aromatic carbocycles. The molecule has 1 unspecified atom stereocenters. The SMILES string of the molecule is C=CC(=O)OC(C)NC(C)C. The first kappa shape index (κ1) is 10.2. The molecule has 0 fully saturated rings. The molecule has 0 saturated heterocycles. The Morgan fingerprint density at radius 1 is 1.55 bits per heavy atom. The van der Waals surface area contributed by atoms with Crippen LogP contribution in [0.4, 0.5) is 0 Å². The standard InChI is InChI=1S/C8H15NO2/c1-5-8(10)11-7(4)9-6(2)3/h5-7,9H,1H2,2-4H3. The maximum Gasteiger partial charge on any atom is 0.331 e. The van der Waals surface area contributed by atoms with Crippen LogP contribution in [0, 0.1) is 0 Å². The van der Waals surface area contributed by atoms with Gasteiger partial charge in [-0.05, 0) is 20.8 Å². The quantitative estimate of drug-likeness (QED) is 0.377. The molecule has 0 aliphatic heterocycles. The molecule has 1 atom stereocenters. The molecule has 0 aromatic heterocycles. The maximum absolute atomic E-state index is 10.6. The highest BCUT2D eigenvalue weighted by Crippen LogP contribution is 1.90. The Labute approximate surface area is 67.4 Å². The van der Waals surface area contributed by atoms with Gasteiger partial charge in [-0.3, -0.25) is 5.32 Å². The summed E-state index contributed by atoms with van der Waals surface area (Å²) in [6.07, 6.45) is 0.902. The van der Waals surface area contributed by atoms with Gasteiger partial charge >= 0.3 is 5.97 Å². The minimum atomic E-state index is -0.398. The topological polar surface area (TPSA) is 38.3 Å². The van der Waals surface area contributed by atoms with Crippen LogP contribution in [0.3, 0.4) is 0 Å². The van der Waals surface area contributed by atoms with Gasteiger partial charge in [0.15, 0.2) is 6.23 Å². The van der Waals surface area contributed by atoms with Gasteiger partial charge < -0.3 is 4.74 Å². The van der Waals surface area contributed by atoms with Crippen molar-refractivity contribution >= 4 is 5.97 Å². The fourth-order valence-corrected chi connectivity index (χ4v) is 0.726. The monoisotopic (exact) mass is 157 g/mol. The lowest BCUT2D eigenvalue weighted by Crippen LogP contribution is -2.35. The molecule has 0 aliphatic rings. The third-order valence-electron chi connectivity index (χ3n) is 1.03. The number of rotatable bonds is 4. The molecule has 1 N–H and O–H groups in total. The molecule has 0 radical (unpaired) electrons. The van der Waals surface area contributed by atoms with E-state index in [1.54, 1.807) is 6.92 Å². The van der Waals surface area contributed by atoms with Gasteiger partial charge in [-0.15, -0.1) is 0 Å². The number of carbonyl (C=O) groups is 1. The Balaban J connectivity index is 3.59. The van der Waals surface area contributed by atoms with E-state index in [1.165, 1.54) is 0 Å².